The molecule has 0 fully saturated rings. The topological polar surface area (TPSA) is 0 Å². The summed E-state index contributed by atoms with van der Waals surface area (Å²) >= 11 is 0. The van der Waals surface area contributed by atoms with Crippen LogP contribution >= 0.6 is 0 Å². The Labute approximate surface area is 104 Å². The van der Waals surface area contributed by atoms with Gasteiger partial charge in [0.05, 0.1) is 0 Å². The first kappa shape index (κ1) is 22.7. The van der Waals surface area contributed by atoms with Crippen LogP contribution in [0.25, 0.3) is 0 Å². The van der Waals surface area contributed by atoms with Crippen molar-refractivity contribution in [2.75, 3.05) is 0 Å². The van der Waals surface area contributed by atoms with Gasteiger partial charge in [-0.3, -0.25) is 6.08 Å². The summed E-state index contributed by atoms with van der Waals surface area (Å²) in [6.07, 6.45) is 6.41. The maximum Gasteiger partial charge on any atom is 2.00 e. The fourth-order valence-corrected chi connectivity index (χ4v) is 0.650. The van der Waals surface area contributed by atoms with Crippen molar-refractivity contribution in [3.63, 3.8) is 0 Å². The van der Waals surface area contributed by atoms with Crippen LogP contribution in [0.4, 0.5) is 0 Å². The van der Waals surface area contributed by atoms with Gasteiger partial charge in [-0.15, -0.1) is 13.3 Å². The third-order valence-corrected chi connectivity index (χ3v) is 1.37. The summed E-state index contributed by atoms with van der Waals surface area (Å²) < 4.78 is 0. The first-order chi connectivity index (χ1) is 3.30. The van der Waals surface area contributed by atoms with Crippen LogP contribution in [0.3, 0.4) is 0 Å². The van der Waals surface area contributed by atoms with E-state index in [9.17, 15) is 0 Å². The Morgan fingerprint density at radius 2 is 1.73 bits per heavy atom. The summed E-state index contributed by atoms with van der Waals surface area (Å²) in [4.78, 5) is 0. The van der Waals surface area contributed by atoms with Crippen molar-refractivity contribution in [2.24, 2.45) is 0 Å². The van der Waals surface area contributed by atoms with Crippen LogP contribution in [0.2, 0.25) is 0 Å². The van der Waals surface area contributed by atoms with Crippen LogP contribution in [-0.2, 0) is 21.7 Å². The zero-order chi connectivity index (χ0) is 5.28. The molecule has 0 atom stereocenters. The standard InChI is InChI=1S/C7H9.BrH.2H3Si.Ti/c1-6-4-3-5-7(6)2;;;;/h4H,3H2,1-2H3;1H;2*1H3;/q-1;;;;+2/p-1. The third-order valence-electron chi connectivity index (χ3n) is 1.37. The summed E-state index contributed by atoms with van der Waals surface area (Å²) in [5.41, 5.74) is 2.71. The van der Waals surface area contributed by atoms with E-state index in [-0.39, 0.29) is 60.6 Å². The van der Waals surface area contributed by atoms with Crippen molar-refractivity contribution >= 4 is 21.9 Å². The Morgan fingerprint density at radius 1 is 1.27 bits per heavy atom. The Hall–Kier alpha value is 1.11. The minimum atomic E-state index is 0. The van der Waals surface area contributed by atoms with E-state index in [1.165, 1.54) is 11.1 Å². The van der Waals surface area contributed by atoms with Gasteiger partial charge in [0.1, 0.15) is 0 Å². The zero-order valence-corrected chi connectivity index (χ0v) is 14.8. The molecule has 1 aliphatic carbocycles. The summed E-state index contributed by atoms with van der Waals surface area (Å²) in [5, 5.41) is 0. The fourth-order valence-electron chi connectivity index (χ4n) is 0.650. The first-order valence-electron chi connectivity index (χ1n) is 2.55. The SMILES string of the molecule is CC1=[C-]CC=C1C.[Br-].[SiH3].[SiH3].[Ti+2]. The largest absolute Gasteiger partial charge is 2.00 e. The Bertz CT molecular complexity index is 127. The molecule has 2 radical (unpaired) electrons. The van der Waals surface area contributed by atoms with Gasteiger partial charge in [-0.1, -0.05) is 6.92 Å². The van der Waals surface area contributed by atoms with E-state index in [1.807, 2.05) is 0 Å². The second-order valence-electron chi connectivity index (χ2n) is 1.89. The van der Waals surface area contributed by atoms with Crippen LogP contribution < -0.4 is 17.0 Å². The van der Waals surface area contributed by atoms with E-state index in [2.05, 4.69) is 26.0 Å². The molecule has 0 aromatic heterocycles. The number of hydrogen-bond acceptors (Lipinski definition) is 0. The number of allylic oxidation sites excluding steroid dienone is 4. The molecule has 0 N–H and O–H groups in total. The van der Waals surface area contributed by atoms with Gasteiger partial charge >= 0.3 is 21.7 Å². The van der Waals surface area contributed by atoms with Crippen molar-refractivity contribution in [3.8, 4) is 0 Å². The molecule has 0 saturated heterocycles. The molecular weight excluding hydrogens is 268 g/mol. The smallest absolute Gasteiger partial charge is 1.00 e. The molecule has 0 spiro atoms. The minimum Gasteiger partial charge on any atom is -1.00 e. The molecule has 0 aromatic carbocycles. The number of rotatable bonds is 0. The van der Waals surface area contributed by atoms with Crippen molar-refractivity contribution < 1.29 is 38.7 Å². The molecule has 0 aromatic rings. The van der Waals surface area contributed by atoms with Crippen LogP contribution in [-0.4, -0.2) is 21.9 Å². The molecule has 0 nitrogen and oxygen atoms in total. The monoisotopic (exact) mass is 282 g/mol. The fraction of sp³-hybridized carbons (Fsp3) is 0.429. The van der Waals surface area contributed by atoms with E-state index in [0.717, 1.165) is 6.42 Å². The second kappa shape index (κ2) is 11.1. The van der Waals surface area contributed by atoms with E-state index in [1.54, 1.807) is 0 Å². The van der Waals surface area contributed by atoms with Gasteiger partial charge in [0.25, 0.3) is 0 Å². The summed E-state index contributed by atoms with van der Waals surface area (Å²) in [5.74, 6) is 0. The van der Waals surface area contributed by atoms with Crippen molar-refractivity contribution in [1.82, 2.24) is 0 Å². The van der Waals surface area contributed by atoms with E-state index < -0.39 is 0 Å². The van der Waals surface area contributed by atoms with Crippen molar-refractivity contribution in [3.05, 3.63) is 23.3 Å². The molecule has 0 aliphatic heterocycles. The predicted molar refractivity (Wildman–Crippen MR) is 50.7 cm³/mol. The molecule has 1 aliphatic rings. The van der Waals surface area contributed by atoms with Crippen LogP contribution in [0.15, 0.2) is 17.2 Å². The second-order valence-corrected chi connectivity index (χ2v) is 1.89. The van der Waals surface area contributed by atoms with Crippen molar-refractivity contribution in [1.29, 1.82) is 0 Å². The molecule has 11 heavy (non-hydrogen) atoms. The van der Waals surface area contributed by atoms with Gasteiger partial charge in [-0.25, -0.2) is 11.1 Å². The van der Waals surface area contributed by atoms with Gasteiger partial charge in [-0.2, -0.15) is 6.08 Å². The quantitative estimate of drug-likeness (QED) is 0.323. The molecule has 0 bridgehead atoms. The third kappa shape index (κ3) is 7.47. The Balaban J connectivity index is -0.0000000612. The Morgan fingerprint density at radius 3 is 1.82 bits per heavy atom. The minimum absolute atomic E-state index is 0. The molecule has 0 heterocycles. The average molecular weight is 283 g/mol. The van der Waals surface area contributed by atoms with Crippen LogP contribution in [0.5, 0.6) is 0 Å². The first-order valence-corrected chi connectivity index (χ1v) is 2.55. The van der Waals surface area contributed by atoms with Crippen LogP contribution in [0, 0.1) is 6.08 Å². The molecule has 0 unspecified atom stereocenters. The maximum atomic E-state index is 3.19. The summed E-state index contributed by atoms with van der Waals surface area (Å²) in [7, 11) is 0. The molecular formula is C7H15BrSi2Ti. The normalized spacial score (nSPS) is 12.2. The van der Waals surface area contributed by atoms with Gasteiger partial charge in [-0.05, 0) is 21.9 Å². The van der Waals surface area contributed by atoms with E-state index >= 15 is 0 Å². The molecule has 1 rings (SSSR count). The molecule has 62 valence electrons. The van der Waals surface area contributed by atoms with E-state index in [0.29, 0.717) is 0 Å². The predicted octanol–water partition coefficient (Wildman–Crippen LogP) is -3.28. The summed E-state index contributed by atoms with van der Waals surface area (Å²) in [6.45, 7) is 4.22. The molecule has 4 heteroatoms. The van der Waals surface area contributed by atoms with Gasteiger partial charge in [0.15, 0.2) is 0 Å². The number of halogens is 1. The van der Waals surface area contributed by atoms with Gasteiger partial charge < -0.3 is 17.0 Å². The van der Waals surface area contributed by atoms with Crippen molar-refractivity contribution in [2.45, 2.75) is 20.3 Å². The van der Waals surface area contributed by atoms with Crippen LogP contribution in [0.1, 0.15) is 20.3 Å². The summed E-state index contributed by atoms with van der Waals surface area (Å²) in [6, 6.07) is 0. The molecule has 0 saturated carbocycles. The number of hydrogen-bond donors (Lipinski definition) is 0. The maximum absolute atomic E-state index is 3.19. The van der Waals surface area contributed by atoms with E-state index in [4.69, 9.17) is 0 Å². The molecule has 0 amide bonds. The Kier molecular flexibility index (Phi) is 22.9. The van der Waals surface area contributed by atoms with Gasteiger partial charge in [0, 0.05) is 0 Å². The average Bonchev–Trinajstić information content (AvgIpc) is 1.91. The zero-order valence-electron chi connectivity index (χ0n) is 7.66. The van der Waals surface area contributed by atoms with Gasteiger partial charge in [0.2, 0.25) is 0 Å².